The molecule has 0 amide bonds. The second-order valence-corrected chi connectivity index (χ2v) is 6.62. The van der Waals surface area contributed by atoms with Gasteiger partial charge in [0.2, 0.25) is 0 Å². The Kier molecular flexibility index (Phi) is 5.66. The third-order valence-corrected chi connectivity index (χ3v) is 4.13. The normalized spacial score (nSPS) is 11.4. The molecule has 1 aromatic rings. The molecule has 0 saturated heterocycles. The predicted molar refractivity (Wildman–Crippen MR) is 81.3 cm³/mol. The third-order valence-electron chi connectivity index (χ3n) is 2.88. The number of hydrogen-bond acceptors (Lipinski definition) is 4. The summed E-state index contributed by atoms with van der Waals surface area (Å²) in [6, 6.07) is 3.24. The van der Waals surface area contributed by atoms with Crippen LogP contribution in [0.2, 0.25) is 0 Å². The molecular formula is C14H22N2O2S. The van der Waals surface area contributed by atoms with E-state index in [2.05, 4.69) is 37.3 Å². The zero-order valence-electron chi connectivity index (χ0n) is 12.0. The van der Waals surface area contributed by atoms with Crippen LogP contribution in [-0.4, -0.2) is 33.6 Å². The highest BCUT2D eigenvalue weighted by atomic mass is 32.2. The molecule has 0 aliphatic carbocycles. The standard InChI is InChI=1S/C14H22N2O2S/c1-5-6-11-7-10(13(17)18)8-12(16-11)15-9-14(2,3)19-4/h7-8H,5-6,9H2,1-4H3,(H,15,16)(H,17,18). The molecule has 0 aliphatic heterocycles. The first-order valence-corrected chi connectivity index (χ1v) is 7.63. The highest BCUT2D eigenvalue weighted by Crippen LogP contribution is 2.22. The van der Waals surface area contributed by atoms with E-state index in [1.54, 1.807) is 23.9 Å². The summed E-state index contributed by atoms with van der Waals surface area (Å²) in [5.41, 5.74) is 1.12. The van der Waals surface area contributed by atoms with E-state index in [0.29, 0.717) is 11.4 Å². The van der Waals surface area contributed by atoms with Gasteiger partial charge in [-0.05, 0) is 38.7 Å². The Morgan fingerprint density at radius 3 is 2.68 bits per heavy atom. The predicted octanol–water partition coefficient (Wildman–Crippen LogP) is 3.29. The maximum absolute atomic E-state index is 11.1. The van der Waals surface area contributed by atoms with Crippen molar-refractivity contribution in [2.75, 3.05) is 18.1 Å². The number of carboxylic acid groups (broad SMARTS) is 1. The topological polar surface area (TPSA) is 62.2 Å². The van der Waals surface area contributed by atoms with Gasteiger partial charge in [-0.15, -0.1) is 0 Å². The Hall–Kier alpha value is -1.23. The number of hydrogen-bond donors (Lipinski definition) is 2. The van der Waals surface area contributed by atoms with Gasteiger partial charge >= 0.3 is 5.97 Å². The number of nitrogens with zero attached hydrogens (tertiary/aromatic N) is 1. The molecule has 0 aromatic carbocycles. The lowest BCUT2D eigenvalue weighted by molar-refractivity contribution is 0.0696. The summed E-state index contributed by atoms with van der Waals surface area (Å²) in [6.07, 6.45) is 3.80. The molecule has 0 radical (unpaired) electrons. The lowest BCUT2D eigenvalue weighted by Crippen LogP contribution is -2.26. The van der Waals surface area contributed by atoms with Gasteiger partial charge in [0.05, 0.1) is 5.56 Å². The molecule has 2 N–H and O–H groups in total. The number of nitrogens with one attached hydrogen (secondary N) is 1. The van der Waals surface area contributed by atoms with Gasteiger partial charge in [0.25, 0.3) is 0 Å². The Bertz CT molecular complexity index is 447. The molecule has 0 bridgehead atoms. The fourth-order valence-corrected chi connectivity index (χ4v) is 1.78. The van der Waals surface area contributed by atoms with Gasteiger partial charge in [-0.25, -0.2) is 9.78 Å². The quantitative estimate of drug-likeness (QED) is 0.803. The molecular weight excluding hydrogens is 260 g/mol. The molecule has 0 fully saturated rings. The zero-order chi connectivity index (χ0) is 14.5. The number of anilines is 1. The van der Waals surface area contributed by atoms with Crippen molar-refractivity contribution in [3.63, 3.8) is 0 Å². The van der Waals surface area contributed by atoms with Crippen molar-refractivity contribution in [2.24, 2.45) is 0 Å². The van der Waals surface area contributed by atoms with Gasteiger partial charge in [-0.2, -0.15) is 11.8 Å². The molecule has 4 nitrogen and oxygen atoms in total. The number of carboxylic acids is 1. The van der Waals surface area contributed by atoms with E-state index in [1.807, 2.05) is 0 Å². The van der Waals surface area contributed by atoms with E-state index in [-0.39, 0.29) is 4.75 Å². The summed E-state index contributed by atoms with van der Waals surface area (Å²) in [4.78, 5) is 15.6. The number of aromatic nitrogens is 1. The Morgan fingerprint density at radius 2 is 2.16 bits per heavy atom. The lowest BCUT2D eigenvalue weighted by atomic mass is 10.1. The van der Waals surface area contributed by atoms with E-state index in [4.69, 9.17) is 5.11 Å². The van der Waals surface area contributed by atoms with Gasteiger partial charge in [0.1, 0.15) is 5.82 Å². The summed E-state index contributed by atoms with van der Waals surface area (Å²) < 4.78 is 0.0891. The first-order valence-electron chi connectivity index (χ1n) is 6.41. The van der Waals surface area contributed by atoms with Crippen LogP contribution in [0.4, 0.5) is 5.82 Å². The molecule has 0 unspecified atom stereocenters. The van der Waals surface area contributed by atoms with E-state index >= 15 is 0 Å². The minimum atomic E-state index is -0.910. The Labute approximate surface area is 119 Å². The van der Waals surface area contributed by atoms with E-state index in [1.165, 1.54) is 0 Å². The Balaban J connectivity index is 2.90. The monoisotopic (exact) mass is 282 g/mol. The number of carbonyl (C=O) groups is 1. The average Bonchev–Trinajstić information content (AvgIpc) is 2.37. The number of rotatable bonds is 7. The van der Waals surface area contributed by atoms with E-state index in [9.17, 15) is 4.79 Å². The Morgan fingerprint density at radius 1 is 1.47 bits per heavy atom. The molecule has 1 rings (SSSR count). The van der Waals surface area contributed by atoms with Crippen molar-refractivity contribution in [3.05, 3.63) is 23.4 Å². The van der Waals surface area contributed by atoms with Crippen LogP contribution in [0.25, 0.3) is 0 Å². The smallest absolute Gasteiger partial charge is 0.335 e. The fourth-order valence-electron chi connectivity index (χ4n) is 1.56. The fraction of sp³-hybridized carbons (Fsp3) is 0.571. The second kappa shape index (κ2) is 6.80. The SMILES string of the molecule is CCCc1cc(C(=O)O)cc(NCC(C)(C)SC)n1. The molecule has 0 spiro atoms. The highest BCUT2D eigenvalue weighted by molar-refractivity contribution is 7.99. The van der Waals surface area contributed by atoms with E-state index < -0.39 is 5.97 Å². The maximum atomic E-state index is 11.1. The summed E-state index contributed by atoms with van der Waals surface area (Å²) in [6.45, 7) is 7.08. The van der Waals surface area contributed by atoms with Crippen LogP contribution in [0.5, 0.6) is 0 Å². The van der Waals surface area contributed by atoms with Crippen LogP contribution < -0.4 is 5.32 Å². The highest BCUT2D eigenvalue weighted by Gasteiger charge is 2.16. The van der Waals surface area contributed by atoms with Crippen molar-refractivity contribution in [1.29, 1.82) is 0 Å². The van der Waals surface area contributed by atoms with Crippen LogP contribution in [0.3, 0.4) is 0 Å². The van der Waals surface area contributed by atoms with Crippen molar-refractivity contribution >= 4 is 23.5 Å². The maximum Gasteiger partial charge on any atom is 0.335 e. The minimum Gasteiger partial charge on any atom is -0.478 e. The molecule has 5 heteroatoms. The van der Waals surface area contributed by atoms with Crippen molar-refractivity contribution in [1.82, 2.24) is 4.98 Å². The molecule has 0 aliphatic rings. The summed E-state index contributed by atoms with van der Waals surface area (Å²) in [5, 5.41) is 12.4. The van der Waals surface area contributed by atoms with Gasteiger partial charge in [-0.3, -0.25) is 0 Å². The summed E-state index contributed by atoms with van der Waals surface area (Å²) >= 11 is 1.76. The summed E-state index contributed by atoms with van der Waals surface area (Å²) in [7, 11) is 0. The van der Waals surface area contributed by atoms with Crippen molar-refractivity contribution < 1.29 is 9.90 Å². The zero-order valence-corrected chi connectivity index (χ0v) is 12.8. The second-order valence-electron chi connectivity index (χ2n) is 5.10. The molecule has 1 aromatic heterocycles. The lowest BCUT2D eigenvalue weighted by Gasteiger charge is -2.22. The largest absolute Gasteiger partial charge is 0.478 e. The molecule has 106 valence electrons. The van der Waals surface area contributed by atoms with Crippen LogP contribution in [0.15, 0.2) is 12.1 Å². The van der Waals surface area contributed by atoms with Crippen molar-refractivity contribution in [3.8, 4) is 0 Å². The summed E-state index contributed by atoms with van der Waals surface area (Å²) in [5.74, 6) is -0.266. The molecule has 19 heavy (non-hydrogen) atoms. The van der Waals surface area contributed by atoms with E-state index in [0.717, 1.165) is 25.1 Å². The number of aryl methyl sites for hydroxylation is 1. The third kappa shape index (κ3) is 5.11. The van der Waals surface area contributed by atoms with Gasteiger partial charge in [0.15, 0.2) is 0 Å². The van der Waals surface area contributed by atoms with Gasteiger partial charge < -0.3 is 10.4 Å². The first kappa shape index (κ1) is 15.8. The van der Waals surface area contributed by atoms with Gasteiger partial charge in [0, 0.05) is 17.0 Å². The molecule has 0 saturated carbocycles. The van der Waals surface area contributed by atoms with Crippen molar-refractivity contribution in [2.45, 2.75) is 38.4 Å². The minimum absolute atomic E-state index is 0.0891. The van der Waals surface area contributed by atoms with Crippen LogP contribution >= 0.6 is 11.8 Å². The number of pyridine rings is 1. The van der Waals surface area contributed by atoms with Crippen LogP contribution in [0, 0.1) is 0 Å². The molecule has 1 heterocycles. The number of aromatic carboxylic acids is 1. The first-order chi connectivity index (χ1) is 8.88. The van der Waals surface area contributed by atoms with Gasteiger partial charge in [-0.1, -0.05) is 13.3 Å². The van der Waals surface area contributed by atoms with Crippen LogP contribution in [0.1, 0.15) is 43.2 Å². The molecule has 0 atom stereocenters. The van der Waals surface area contributed by atoms with Crippen LogP contribution in [-0.2, 0) is 6.42 Å². The average molecular weight is 282 g/mol. The number of thioether (sulfide) groups is 1.